The molecule has 3 aromatic carbocycles. The van der Waals surface area contributed by atoms with Crippen molar-refractivity contribution in [3.8, 4) is 28.7 Å². The monoisotopic (exact) mass is 495 g/mol. The van der Waals surface area contributed by atoms with Gasteiger partial charge in [0.15, 0.2) is 0 Å². The molecule has 0 spiro atoms. The lowest BCUT2D eigenvalue weighted by atomic mass is 10.2. The number of non-ortho nitro benzene ring substituents is 1. The molecule has 0 saturated carbocycles. The van der Waals surface area contributed by atoms with Crippen molar-refractivity contribution in [3.05, 3.63) is 94.2 Å². The largest absolute Gasteiger partial charge is 0.438 e. The molecule has 5 aromatic rings. The predicted molar refractivity (Wildman–Crippen MR) is 138 cm³/mol. The number of aromatic nitrogens is 4. The molecule has 2 aromatic heterocycles. The van der Waals surface area contributed by atoms with Crippen molar-refractivity contribution in [2.75, 3.05) is 0 Å². The summed E-state index contributed by atoms with van der Waals surface area (Å²) < 4.78 is 7.93. The number of rotatable bonds is 7. The highest BCUT2D eigenvalue weighted by atomic mass is 16.6. The Balaban J connectivity index is 1.47. The van der Waals surface area contributed by atoms with Gasteiger partial charge in [-0.15, -0.1) is 0 Å². The smallest absolute Gasteiger partial charge is 0.271 e. The van der Waals surface area contributed by atoms with Gasteiger partial charge in [0, 0.05) is 24.6 Å². The lowest BCUT2D eigenvalue weighted by Crippen LogP contribution is -2.12. The summed E-state index contributed by atoms with van der Waals surface area (Å²) in [6.45, 7) is 3.20. The average Bonchev–Trinajstić information content (AvgIpc) is 3.45. The number of carbonyl (C=O) groups excluding carboxylic acids is 1. The summed E-state index contributed by atoms with van der Waals surface area (Å²) in [5.74, 6) is 1.27. The molecule has 0 atom stereocenters. The summed E-state index contributed by atoms with van der Waals surface area (Å²) in [4.78, 5) is 29.5. The first-order valence-corrected chi connectivity index (χ1v) is 11.3. The van der Waals surface area contributed by atoms with Crippen LogP contribution in [0.5, 0.6) is 11.6 Å². The van der Waals surface area contributed by atoms with Gasteiger partial charge in [-0.25, -0.2) is 10.4 Å². The van der Waals surface area contributed by atoms with E-state index in [-0.39, 0.29) is 11.6 Å². The van der Waals surface area contributed by atoms with E-state index in [0.717, 1.165) is 11.3 Å². The van der Waals surface area contributed by atoms with Gasteiger partial charge in [0.1, 0.15) is 11.6 Å². The van der Waals surface area contributed by atoms with Crippen molar-refractivity contribution < 1.29 is 14.5 Å². The minimum atomic E-state index is -0.441. The SMILES string of the molecule is CC(=O)N/N=C/c1c(C)nn(-c2ccccc2)c1Oc1ccc(-c2nc3ccc([N+](=O)[O-])cc3[nH]2)cc1. The highest BCUT2D eigenvalue weighted by molar-refractivity contribution is 5.86. The zero-order valence-corrected chi connectivity index (χ0v) is 19.9. The molecule has 0 saturated heterocycles. The number of amides is 1. The van der Waals surface area contributed by atoms with Gasteiger partial charge in [-0.05, 0) is 49.4 Å². The van der Waals surface area contributed by atoms with Crippen LogP contribution in [-0.4, -0.2) is 36.8 Å². The second kappa shape index (κ2) is 9.74. The fraction of sp³-hybridized carbons (Fsp3) is 0.0769. The number of ether oxygens (including phenoxy) is 1. The van der Waals surface area contributed by atoms with Crippen LogP contribution in [0.3, 0.4) is 0 Å². The first kappa shape index (κ1) is 23.4. The molecule has 11 nitrogen and oxygen atoms in total. The summed E-state index contributed by atoms with van der Waals surface area (Å²) in [5, 5.41) is 19.7. The van der Waals surface area contributed by atoms with E-state index in [1.807, 2.05) is 49.4 Å². The van der Waals surface area contributed by atoms with Crippen LogP contribution < -0.4 is 10.2 Å². The third-order valence-corrected chi connectivity index (χ3v) is 5.50. The van der Waals surface area contributed by atoms with E-state index in [1.165, 1.54) is 25.3 Å². The number of benzene rings is 3. The Labute approximate surface area is 210 Å². The number of H-pyrrole nitrogens is 1. The highest BCUT2D eigenvalue weighted by Gasteiger charge is 2.18. The first-order valence-electron chi connectivity index (χ1n) is 11.3. The number of nitro groups is 1. The van der Waals surface area contributed by atoms with Crippen molar-refractivity contribution in [1.29, 1.82) is 0 Å². The minimum Gasteiger partial charge on any atom is -0.438 e. The van der Waals surface area contributed by atoms with Gasteiger partial charge in [0.25, 0.3) is 5.69 Å². The normalized spacial score (nSPS) is 11.2. The number of hydrogen-bond acceptors (Lipinski definition) is 7. The number of nitrogens with zero attached hydrogens (tertiary/aromatic N) is 5. The zero-order valence-electron chi connectivity index (χ0n) is 19.9. The Kier molecular flexibility index (Phi) is 6.17. The van der Waals surface area contributed by atoms with Crippen molar-refractivity contribution in [2.24, 2.45) is 5.10 Å². The Bertz CT molecular complexity index is 1640. The summed E-state index contributed by atoms with van der Waals surface area (Å²) >= 11 is 0. The lowest BCUT2D eigenvalue weighted by Gasteiger charge is -2.10. The molecule has 0 bridgehead atoms. The zero-order chi connectivity index (χ0) is 25.9. The summed E-state index contributed by atoms with van der Waals surface area (Å²) in [5.41, 5.74) is 6.46. The van der Waals surface area contributed by atoms with E-state index in [0.29, 0.717) is 39.7 Å². The molecule has 1 amide bonds. The number of fused-ring (bicyclic) bond motifs is 1. The van der Waals surface area contributed by atoms with Crippen LogP contribution >= 0.6 is 0 Å². The first-order chi connectivity index (χ1) is 17.9. The number of aromatic amines is 1. The second-order valence-electron chi connectivity index (χ2n) is 8.15. The van der Waals surface area contributed by atoms with Crippen molar-refractivity contribution in [1.82, 2.24) is 25.2 Å². The van der Waals surface area contributed by atoms with Gasteiger partial charge in [-0.1, -0.05) is 18.2 Å². The van der Waals surface area contributed by atoms with Crippen molar-refractivity contribution in [3.63, 3.8) is 0 Å². The quantitative estimate of drug-likeness (QED) is 0.187. The molecule has 0 aliphatic heterocycles. The average molecular weight is 495 g/mol. The fourth-order valence-corrected chi connectivity index (χ4v) is 3.74. The topological polar surface area (TPSA) is 140 Å². The van der Waals surface area contributed by atoms with Crippen molar-refractivity contribution in [2.45, 2.75) is 13.8 Å². The molecule has 0 radical (unpaired) electrons. The van der Waals surface area contributed by atoms with Gasteiger partial charge in [0.2, 0.25) is 11.8 Å². The van der Waals surface area contributed by atoms with Gasteiger partial charge in [-0.3, -0.25) is 14.9 Å². The highest BCUT2D eigenvalue weighted by Crippen LogP contribution is 2.31. The number of aryl methyl sites for hydroxylation is 1. The Morgan fingerprint density at radius 2 is 1.89 bits per heavy atom. The number of hydrazone groups is 1. The van der Waals surface area contributed by atoms with Crippen LogP contribution in [0.4, 0.5) is 5.69 Å². The molecule has 5 rings (SSSR count). The van der Waals surface area contributed by atoms with Crippen LogP contribution in [0.15, 0.2) is 77.9 Å². The number of carbonyl (C=O) groups is 1. The number of nitrogens with one attached hydrogen (secondary N) is 2. The molecule has 184 valence electrons. The molecule has 0 aliphatic carbocycles. The molecular weight excluding hydrogens is 474 g/mol. The van der Waals surface area contributed by atoms with E-state index < -0.39 is 4.92 Å². The van der Waals surface area contributed by atoms with Gasteiger partial charge >= 0.3 is 0 Å². The molecule has 0 unspecified atom stereocenters. The van der Waals surface area contributed by atoms with E-state index in [4.69, 9.17) is 4.74 Å². The third-order valence-electron chi connectivity index (χ3n) is 5.50. The second-order valence-corrected chi connectivity index (χ2v) is 8.15. The van der Waals surface area contributed by atoms with Crippen LogP contribution in [0.25, 0.3) is 28.1 Å². The molecule has 37 heavy (non-hydrogen) atoms. The molecule has 0 aliphatic rings. The van der Waals surface area contributed by atoms with E-state index >= 15 is 0 Å². The van der Waals surface area contributed by atoms with Gasteiger partial charge in [0.05, 0.1) is 39.1 Å². The Hall–Kier alpha value is -5.32. The number of nitro benzene ring substituents is 1. The van der Waals surface area contributed by atoms with Crippen molar-refractivity contribution >= 4 is 28.8 Å². The maximum atomic E-state index is 11.3. The summed E-state index contributed by atoms with van der Waals surface area (Å²) in [6.07, 6.45) is 1.50. The van der Waals surface area contributed by atoms with E-state index in [2.05, 4.69) is 25.6 Å². The van der Waals surface area contributed by atoms with E-state index in [9.17, 15) is 14.9 Å². The number of para-hydroxylation sites is 1. The van der Waals surface area contributed by atoms with Crippen LogP contribution in [0.1, 0.15) is 18.2 Å². The maximum absolute atomic E-state index is 11.3. The molecule has 11 heteroatoms. The maximum Gasteiger partial charge on any atom is 0.271 e. The van der Waals surface area contributed by atoms with Gasteiger partial charge < -0.3 is 9.72 Å². The summed E-state index contributed by atoms with van der Waals surface area (Å²) in [6, 6.07) is 21.3. The number of imidazole rings is 1. The van der Waals surface area contributed by atoms with Crippen LogP contribution in [0.2, 0.25) is 0 Å². The van der Waals surface area contributed by atoms with Crippen LogP contribution in [0, 0.1) is 17.0 Å². The standard InChI is InChI=1S/C26H21N7O4/c1-16-22(15-27-30-17(2)34)26(32(31-16)19-6-4-3-5-7-19)37-21-11-8-18(9-12-21)25-28-23-13-10-20(33(35)36)14-24(23)29-25/h3-15H,1-2H3,(H,28,29)(H,30,34)/b27-15+. The van der Waals surface area contributed by atoms with Crippen LogP contribution in [-0.2, 0) is 4.79 Å². The minimum absolute atomic E-state index is 0.00499. The molecule has 2 N–H and O–H groups in total. The predicted octanol–water partition coefficient (Wildman–Crippen LogP) is 4.89. The fourth-order valence-electron chi connectivity index (χ4n) is 3.74. The number of hydrogen-bond donors (Lipinski definition) is 2. The molecule has 0 fully saturated rings. The van der Waals surface area contributed by atoms with Gasteiger partial charge in [-0.2, -0.15) is 14.9 Å². The molecular formula is C26H21N7O4. The Morgan fingerprint density at radius 1 is 1.14 bits per heavy atom. The lowest BCUT2D eigenvalue weighted by molar-refractivity contribution is -0.384. The third kappa shape index (κ3) is 4.91. The molecule has 2 heterocycles. The Morgan fingerprint density at radius 3 is 2.59 bits per heavy atom. The van der Waals surface area contributed by atoms with E-state index in [1.54, 1.807) is 22.9 Å². The summed E-state index contributed by atoms with van der Waals surface area (Å²) in [7, 11) is 0.